The van der Waals surface area contributed by atoms with Crippen molar-refractivity contribution in [1.29, 1.82) is 0 Å². The van der Waals surface area contributed by atoms with Crippen molar-refractivity contribution in [3.8, 4) is 22.3 Å². The number of rotatable bonds is 7. The number of para-hydroxylation sites is 2. The van der Waals surface area contributed by atoms with Crippen molar-refractivity contribution in [3.63, 3.8) is 0 Å². The Labute approximate surface area is 396 Å². The minimum absolute atomic E-state index is 0. The normalized spacial score (nSPS) is 10.4. The summed E-state index contributed by atoms with van der Waals surface area (Å²) in [6.07, 6.45) is 0. The molecular weight excluding hydrogens is 999 g/mol. The number of nitrogens with zero attached hydrogens (tertiary/aromatic N) is 1. The van der Waals surface area contributed by atoms with E-state index in [0.29, 0.717) is 0 Å². The third-order valence-corrected chi connectivity index (χ3v) is 12.0. The predicted octanol–water partition coefficient (Wildman–Crippen LogP) is 18.7. The molecule has 0 aliphatic carbocycles. The third-order valence-electron chi connectivity index (χ3n) is 10.2. The van der Waals surface area contributed by atoms with Gasteiger partial charge in [0.2, 0.25) is 0 Å². The second-order valence-electron chi connectivity index (χ2n) is 14.3. The monoisotopic (exact) mass is 1040 g/mol. The Morgan fingerprint density at radius 1 is 0.355 bits per heavy atom. The molecule has 0 saturated heterocycles. The maximum Gasteiger partial charge on any atom is 0.0540 e. The maximum atomic E-state index is 3.51. The van der Waals surface area contributed by atoms with E-state index in [-0.39, 0.29) is 7.43 Å². The van der Waals surface area contributed by atoms with E-state index in [4.69, 9.17) is 0 Å². The lowest BCUT2D eigenvalue weighted by Gasteiger charge is -2.27. The molecule has 0 bridgehead atoms. The van der Waals surface area contributed by atoms with E-state index in [1.54, 1.807) is 0 Å². The molecule has 10 rings (SSSR count). The molecule has 0 aromatic heterocycles. The van der Waals surface area contributed by atoms with Crippen molar-refractivity contribution in [2.75, 3.05) is 10.2 Å². The maximum absolute atomic E-state index is 3.51. The first kappa shape index (κ1) is 44.1. The molecule has 0 radical (unpaired) electrons. The van der Waals surface area contributed by atoms with E-state index in [1.165, 1.54) is 53.1 Å². The van der Waals surface area contributed by atoms with Crippen LogP contribution in [0.1, 0.15) is 7.43 Å². The molecule has 10 aromatic carbocycles. The van der Waals surface area contributed by atoms with Gasteiger partial charge in [0.1, 0.15) is 0 Å². The fourth-order valence-electron chi connectivity index (χ4n) is 7.15. The summed E-state index contributed by atoms with van der Waals surface area (Å²) in [6, 6.07) is 84.6. The van der Waals surface area contributed by atoms with Crippen molar-refractivity contribution in [1.82, 2.24) is 0 Å². The summed E-state index contributed by atoms with van der Waals surface area (Å²) < 4.78 is 3.48. The molecule has 0 fully saturated rings. The Morgan fingerprint density at radius 2 is 0.758 bits per heavy atom. The number of halogens is 3. The van der Waals surface area contributed by atoms with E-state index in [9.17, 15) is 0 Å². The Balaban J connectivity index is 0.000000153. The van der Waals surface area contributed by atoms with Crippen molar-refractivity contribution < 1.29 is 0 Å². The van der Waals surface area contributed by atoms with Gasteiger partial charge in [-0.2, -0.15) is 0 Å². The quantitative estimate of drug-likeness (QED) is 0.160. The van der Waals surface area contributed by atoms with E-state index < -0.39 is 0 Å². The summed E-state index contributed by atoms with van der Waals surface area (Å²) in [4.78, 5) is 2.33. The van der Waals surface area contributed by atoms with E-state index in [0.717, 1.165) is 31.7 Å². The molecule has 0 amide bonds. The number of benzene rings is 10. The Kier molecular flexibility index (Phi) is 15.4. The summed E-state index contributed by atoms with van der Waals surface area (Å²) in [7, 11) is 0. The van der Waals surface area contributed by atoms with Crippen LogP contribution in [-0.2, 0) is 0 Å². The smallest absolute Gasteiger partial charge is 0.0540 e. The number of anilines is 5. The molecule has 0 saturated carbocycles. The summed E-state index contributed by atoms with van der Waals surface area (Å²) in [5, 5.41) is 8.43. The number of hydrogen-bond donors (Lipinski definition) is 1. The lowest BCUT2D eigenvalue weighted by Crippen LogP contribution is -2.10. The fraction of sp³-hybridized carbons (Fsp3) is 0.0175. The molecule has 0 spiro atoms. The largest absolute Gasteiger partial charge is 0.355 e. The first-order valence-corrected chi connectivity index (χ1v) is 22.7. The highest BCUT2D eigenvalue weighted by Gasteiger charge is 2.15. The zero-order chi connectivity index (χ0) is 41.8. The molecule has 5 heteroatoms. The number of fused-ring (bicyclic) bond motifs is 2. The molecule has 0 aliphatic rings. The first-order chi connectivity index (χ1) is 30.0. The lowest BCUT2D eigenvalue weighted by molar-refractivity contribution is 1.30. The topological polar surface area (TPSA) is 15.3 Å². The van der Waals surface area contributed by atoms with Crippen molar-refractivity contribution >= 4 is 104 Å². The third kappa shape index (κ3) is 11.3. The minimum atomic E-state index is 0. The summed E-state index contributed by atoms with van der Waals surface area (Å²) in [6.45, 7) is 0. The van der Waals surface area contributed by atoms with Crippen LogP contribution in [0.15, 0.2) is 252 Å². The van der Waals surface area contributed by atoms with Gasteiger partial charge in [-0.25, -0.2) is 0 Å². The van der Waals surface area contributed by atoms with Gasteiger partial charge in [-0.1, -0.05) is 197 Å². The zero-order valence-electron chi connectivity index (χ0n) is 33.2. The molecule has 304 valence electrons. The molecule has 2 nitrogen and oxygen atoms in total. The van der Waals surface area contributed by atoms with Gasteiger partial charge in [-0.15, -0.1) is 0 Å². The van der Waals surface area contributed by atoms with E-state index in [1.807, 2.05) is 18.2 Å². The summed E-state index contributed by atoms with van der Waals surface area (Å²) in [5.74, 6) is 0. The van der Waals surface area contributed by atoms with E-state index >= 15 is 0 Å². The molecule has 0 aliphatic heterocycles. The number of nitrogens with one attached hydrogen (secondary N) is 1. The van der Waals surface area contributed by atoms with Crippen LogP contribution >= 0.6 is 54.5 Å². The van der Waals surface area contributed by atoms with Crippen LogP contribution in [0, 0.1) is 3.57 Å². The first-order valence-electron chi connectivity index (χ1n) is 20.0. The van der Waals surface area contributed by atoms with Gasteiger partial charge in [0, 0.05) is 46.0 Å². The van der Waals surface area contributed by atoms with Crippen LogP contribution in [-0.4, -0.2) is 0 Å². The van der Waals surface area contributed by atoms with Gasteiger partial charge in [-0.3, -0.25) is 0 Å². The van der Waals surface area contributed by atoms with Crippen LogP contribution in [0.5, 0.6) is 0 Å². The molecule has 62 heavy (non-hydrogen) atoms. The standard InChI is InChI=1S/C28H20BrN.C16H13N.C12H8BrI.CH4/c29-24-17-13-21(14-18-24)22-15-19-26(20-16-22)30(25-9-2-1-3-10-25)28-12-6-8-23-7-4-5-11-27(23)28;1-2-9-14(10-3-1)17-16-12-6-8-13-7-4-5-11-15(13)16;13-11-5-1-9(2-6-11)10-3-7-12(14)8-4-10;/h1-20H;1-12,17H;1-8H;1H4. The second-order valence-corrected chi connectivity index (χ2v) is 17.3. The summed E-state index contributed by atoms with van der Waals surface area (Å²) in [5.41, 5.74) is 10.7. The molecule has 0 atom stereocenters. The SMILES string of the molecule is Brc1ccc(-c2ccc(I)cc2)cc1.Brc1ccc(-c2ccc(N(c3ccccc3)c3cccc4ccccc34)cc2)cc1.C.c1ccc(Nc2cccc3ccccc23)cc1. The van der Waals surface area contributed by atoms with Crippen molar-refractivity contribution in [2.45, 2.75) is 7.43 Å². The van der Waals surface area contributed by atoms with E-state index in [2.05, 4.69) is 289 Å². The average molecular weight is 1040 g/mol. The Hall–Kier alpha value is -5.99. The second kappa shape index (κ2) is 21.7. The average Bonchev–Trinajstić information content (AvgIpc) is 3.32. The molecule has 0 heterocycles. The fourth-order valence-corrected chi connectivity index (χ4v) is 8.04. The van der Waals surface area contributed by atoms with Gasteiger partial charge in [-0.05, 0) is 141 Å². The highest BCUT2D eigenvalue weighted by atomic mass is 127. The highest BCUT2D eigenvalue weighted by molar-refractivity contribution is 14.1. The lowest BCUT2D eigenvalue weighted by atomic mass is 10.0. The minimum Gasteiger partial charge on any atom is -0.355 e. The van der Waals surface area contributed by atoms with Gasteiger partial charge < -0.3 is 10.2 Å². The molecule has 10 aromatic rings. The number of hydrogen-bond acceptors (Lipinski definition) is 2. The predicted molar refractivity (Wildman–Crippen MR) is 284 cm³/mol. The van der Waals surface area contributed by atoms with Crippen LogP contribution < -0.4 is 10.2 Å². The van der Waals surface area contributed by atoms with Crippen molar-refractivity contribution in [2.24, 2.45) is 0 Å². The Bertz CT molecular complexity index is 2880. The van der Waals surface area contributed by atoms with Crippen molar-refractivity contribution in [3.05, 3.63) is 255 Å². The molecule has 0 unspecified atom stereocenters. The van der Waals surface area contributed by atoms with Gasteiger partial charge in [0.15, 0.2) is 0 Å². The van der Waals surface area contributed by atoms with Crippen LogP contribution in [0.2, 0.25) is 0 Å². The van der Waals surface area contributed by atoms with Crippen LogP contribution in [0.3, 0.4) is 0 Å². The van der Waals surface area contributed by atoms with Crippen LogP contribution in [0.25, 0.3) is 43.8 Å². The van der Waals surface area contributed by atoms with Gasteiger partial charge in [0.05, 0.1) is 5.69 Å². The van der Waals surface area contributed by atoms with Gasteiger partial charge in [0.25, 0.3) is 0 Å². The summed E-state index contributed by atoms with van der Waals surface area (Å²) >= 11 is 9.26. The van der Waals surface area contributed by atoms with Gasteiger partial charge >= 0.3 is 0 Å². The Morgan fingerprint density at radius 3 is 1.32 bits per heavy atom. The molecular formula is C57H45Br2IN2. The molecule has 1 N–H and O–H groups in total. The zero-order valence-corrected chi connectivity index (χ0v) is 38.5. The van der Waals surface area contributed by atoms with Crippen LogP contribution in [0.4, 0.5) is 28.4 Å². The highest BCUT2D eigenvalue weighted by Crippen LogP contribution is 2.39.